The van der Waals surface area contributed by atoms with Crippen LogP contribution in [-0.4, -0.2) is 29.4 Å². The van der Waals surface area contributed by atoms with Gasteiger partial charge in [0.1, 0.15) is 0 Å². The van der Waals surface area contributed by atoms with E-state index < -0.39 is 4.92 Å². The number of non-ortho nitro benzene ring substituents is 1. The number of carbonyl (C=O) groups excluding carboxylic acids is 1. The maximum absolute atomic E-state index is 11.9. The van der Waals surface area contributed by atoms with Crippen LogP contribution >= 0.6 is 23.4 Å². The number of thioether (sulfide) groups is 1. The molecule has 0 spiro atoms. The molecule has 0 radical (unpaired) electrons. The number of nitro groups is 1. The molecule has 1 amide bonds. The fourth-order valence-electron chi connectivity index (χ4n) is 1.82. The molecule has 0 fully saturated rings. The van der Waals surface area contributed by atoms with Crippen molar-refractivity contribution in [2.75, 3.05) is 18.6 Å². The monoisotopic (exact) mass is 330 g/mol. The molecular formula is C14H19ClN2O3S. The first-order valence-electron chi connectivity index (χ1n) is 6.77. The van der Waals surface area contributed by atoms with Gasteiger partial charge in [0.25, 0.3) is 11.6 Å². The molecule has 0 aliphatic heterocycles. The van der Waals surface area contributed by atoms with E-state index in [1.54, 1.807) is 0 Å². The largest absolute Gasteiger partial charge is 0.352 e. The van der Waals surface area contributed by atoms with Gasteiger partial charge in [-0.1, -0.05) is 24.4 Å². The van der Waals surface area contributed by atoms with Crippen LogP contribution in [0.5, 0.6) is 0 Å². The van der Waals surface area contributed by atoms with E-state index in [4.69, 9.17) is 11.6 Å². The van der Waals surface area contributed by atoms with Crippen LogP contribution < -0.4 is 5.32 Å². The number of benzene rings is 1. The zero-order valence-corrected chi connectivity index (χ0v) is 13.5. The Morgan fingerprint density at radius 1 is 1.33 bits per heavy atom. The van der Waals surface area contributed by atoms with Crippen molar-refractivity contribution < 1.29 is 9.72 Å². The molecule has 0 saturated carbocycles. The van der Waals surface area contributed by atoms with Crippen LogP contribution in [0.25, 0.3) is 0 Å². The standard InChI is InChI=1S/C14H19ClN2O3S/c1-21-9-5-3-2-4-8-16-14(18)12-7-6-11(17(19)20)10-13(12)15/h6-7,10H,2-5,8-9H2,1H3,(H,16,18). The zero-order chi connectivity index (χ0) is 15.7. The molecule has 1 aromatic carbocycles. The summed E-state index contributed by atoms with van der Waals surface area (Å²) in [6.07, 6.45) is 6.45. The fourth-order valence-corrected chi connectivity index (χ4v) is 2.58. The molecule has 5 nitrogen and oxygen atoms in total. The Bertz CT molecular complexity index is 497. The van der Waals surface area contributed by atoms with Crippen molar-refractivity contribution in [2.45, 2.75) is 25.7 Å². The highest BCUT2D eigenvalue weighted by molar-refractivity contribution is 7.98. The Labute approximate surface area is 133 Å². The van der Waals surface area contributed by atoms with E-state index >= 15 is 0 Å². The first-order valence-corrected chi connectivity index (χ1v) is 8.54. The molecule has 1 aromatic rings. The number of unbranched alkanes of at least 4 members (excludes halogenated alkanes) is 3. The molecule has 21 heavy (non-hydrogen) atoms. The van der Waals surface area contributed by atoms with Crippen molar-refractivity contribution >= 4 is 35.0 Å². The molecule has 0 aromatic heterocycles. The second-order valence-corrected chi connectivity index (χ2v) is 5.98. The first kappa shape index (κ1) is 17.8. The molecule has 0 bridgehead atoms. The smallest absolute Gasteiger partial charge is 0.270 e. The number of halogens is 1. The van der Waals surface area contributed by atoms with Gasteiger partial charge in [0, 0.05) is 18.7 Å². The highest BCUT2D eigenvalue weighted by atomic mass is 35.5. The van der Waals surface area contributed by atoms with Crippen molar-refractivity contribution in [1.29, 1.82) is 0 Å². The minimum absolute atomic E-state index is 0.0988. The summed E-state index contributed by atoms with van der Waals surface area (Å²) in [6.45, 7) is 0.589. The molecule has 0 unspecified atom stereocenters. The summed E-state index contributed by atoms with van der Waals surface area (Å²) in [4.78, 5) is 22.0. The van der Waals surface area contributed by atoms with Crippen molar-refractivity contribution in [3.63, 3.8) is 0 Å². The topological polar surface area (TPSA) is 72.2 Å². The molecule has 7 heteroatoms. The lowest BCUT2D eigenvalue weighted by Gasteiger charge is -2.06. The molecule has 0 heterocycles. The Hall–Kier alpha value is -1.27. The number of nitrogens with one attached hydrogen (secondary N) is 1. The Balaban J connectivity index is 2.37. The van der Waals surface area contributed by atoms with Gasteiger partial charge in [-0.2, -0.15) is 11.8 Å². The van der Waals surface area contributed by atoms with Crippen LogP contribution in [0, 0.1) is 10.1 Å². The van der Waals surface area contributed by atoms with Gasteiger partial charge in [-0.15, -0.1) is 0 Å². The summed E-state index contributed by atoms with van der Waals surface area (Å²) < 4.78 is 0. The highest BCUT2D eigenvalue weighted by Crippen LogP contribution is 2.22. The summed E-state index contributed by atoms with van der Waals surface area (Å²) in [6, 6.07) is 3.86. The third kappa shape index (κ3) is 6.35. The molecule has 0 atom stereocenters. The van der Waals surface area contributed by atoms with Gasteiger partial charge in [-0.3, -0.25) is 14.9 Å². The number of carbonyl (C=O) groups is 1. The maximum atomic E-state index is 11.9. The van der Waals surface area contributed by atoms with Crippen LogP contribution in [0.2, 0.25) is 5.02 Å². The number of amides is 1. The normalized spacial score (nSPS) is 10.4. The predicted octanol–water partition coefficient (Wildman–Crippen LogP) is 3.90. The minimum Gasteiger partial charge on any atom is -0.352 e. The zero-order valence-electron chi connectivity index (χ0n) is 11.9. The van der Waals surface area contributed by atoms with E-state index in [9.17, 15) is 14.9 Å². The maximum Gasteiger partial charge on any atom is 0.270 e. The van der Waals surface area contributed by atoms with Gasteiger partial charge >= 0.3 is 0 Å². The highest BCUT2D eigenvalue weighted by Gasteiger charge is 2.14. The van der Waals surface area contributed by atoms with Gasteiger partial charge in [0.15, 0.2) is 0 Å². The van der Waals surface area contributed by atoms with Gasteiger partial charge in [-0.25, -0.2) is 0 Å². The molecule has 0 aliphatic rings. The Morgan fingerprint density at radius 2 is 2.05 bits per heavy atom. The minimum atomic E-state index is -0.540. The van der Waals surface area contributed by atoms with Crippen LogP contribution in [0.15, 0.2) is 18.2 Å². The number of nitro benzene ring substituents is 1. The average molecular weight is 331 g/mol. The van der Waals surface area contributed by atoms with E-state index in [0.29, 0.717) is 6.54 Å². The molecule has 116 valence electrons. The van der Waals surface area contributed by atoms with Gasteiger partial charge in [-0.05, 0) is 30.9 Å². The summed E-state index contributed by atoms with van der Waals surface area (Å²) >= 11 is 7.74. The van der Waals surface area contributed by atoms with Gasteiger partial charge in [0.2, 0.25) is 0 Å². The van der Waals surface area contributed by atoms with E-state index in [0.717, 1.165) is 19.3 Å². The van der Waals surface area contributed by atoms with Gasteiger partial charge < -0.3 is 5.32 Å². The molecular weight excluding hydrogens is 312 g/mol. The van der Waals surface area contributed by atoms with E-state index in [-0.39, 0.29) is 22.2 Å². The van der Waals surface area contributed by atoms with Crippen molar-refractivity contribution in [1.82, 2.24) is 5.32 Å². The second-order valence-electron chi connectivity index (χ2n) is 4.58. The van der Waals surface area contributed by atoms with Crippen LogP contribution in [-0.2, 0) is 0 Å². The van der Waals surface area contributed by atoms with Crippen LogP contribution in [0.4, 0.5) is 5.69 Å². The fraction of sp³-hybridized carbons (Fsp3) is 0.500. The molecule has 1 N–H and O–H groups in total. The lowest BCUT2D eigenvalue weighted by Crippen LogP contribution is -2.24. The summed E-state index contributed by atoms with van der Waals surface area (Å²) in [7, 11) is 0. The SMILES string of the molecule is CSCCCCCCNC(=O)c1ccc([N+](=O)[O-])cc1Cl. The van der Waals surface area contributed by atoms with Crippen LogP contribution in [0.3, 0.4) is 0 Å². The third-order valence-corrected chi connectivity index (χ3v) is 3.98. The molecule has 1 rings (SSSR count). The first-order chi connectivity index (χ1) is 10.1. The predicted molar refractivity (Wildman–Crippen MR) is 87.3 cm³/mol. The van der Waals surface area contributed by atoms with Gasteiger partial charge in [0.05, 0.1) is 15.5 Å². The Kier molecular flexibility index (Phi) is 8.15. The summed E-state index contributed by atoms with van der Waals surface area (Å²) in [5, 5.41) is 13.5. The Morgan fingerprint density at radius 3 is 2.67 bits per heavy atom. The van der Waals surface area contributed by atoms with Crippen molar-refractivity contribution in [3.8, 4) is 0 Å². The van der Waals surface area contributed by atoms with Crippen LogP contribution in [0.1, 0.15) is 36.0 Å². The lowest BCUT2D eigenvalue weighted by atomic mass is 10.1. The lowest BCUT2D eigenvalue weighted by molar-refractivity contribution is -0.384. The quantitative estimate of drug-likeness (QED) is 0.423. The van der Waals surface area contributed by atoms with E-state index in [1.165, 1.54) is 30.4 Å². The van der Waals surface area contributed by atoms with E-state index in [1.807, 2.05) is 11.8 Å². The summed E-state index contributed by atoms with van der Waals surface area (Å²) in [5.74, 6) is 0.879. The number of rotatable bonds is 9. The molecule has 0 saturated heterocycles. The number of nitrogens with zero attached hydrogens (tertiary/aromatic N) is 1. The van der Waals surface area contributed by atoms with Crippen molar-refractivity contribution in [3.05, 3.63) is 38.9 Å². The molecule has 0 aliphatic carbocycles. The summed E-state index contributed by atoms with van der Waals surface area (Å²) in [5.41, 5.74) is 0.148. The number of hydrogen-bond acceptors (Lipinski definition) is 4. The van der Waals surface area contributed by atoms with Crippen molar-refractivity contribution in [2.24, 2.45) is 0 Å². The third-order valence-electron chi connectivity index (χ3n) is 2.97. The van der Waals surface area contributed by atoms with E-state index in [2.05, 4.69) is 11.6 Å². The average Bonchev–Trinajstić information content (AvgIpc) is 2.45. The number of hydrogen-bond donors (Lipinski definition) is 1. The second kappa shape index (κ2) is 9.63.